The van der Waals surface area contributed by atoms with Crippen molar-refractivity contribution in [3.63, 3.8) is 0 Å². The van der Waals surface area contributed by atoms with E-state index in [-0.39, 0.29) is 48.2 Å². The first-order chi connectivity index (χ1) is 12.9. The third-order valence-corrected chi connectivity index (χ3v) is 5.10. The molecule has 3 rings (SSSR count). The average molecular weight is 464 g/mol. The molecule has 8 nitrogen and oxygen atoms in total. The van der Waals surface area contributed by atoms with Gasteiger partial charge in [-0.2, -0.15) is 0 Å². The minimum Gasteiger partial charge on any atom is -0.439 e. The first-order valence-corrected chi connectivity index (χ1v) is 10.3. The lowest BCUT2D eigenvalue weighted by Crippen LogP contribution is -2.51. The summed E-state index contributed by atoms with van der Waals surface area (Å²) in [5.41, 5.74) is 0.673. The highest BCUT2D eigenvalue weighted by molar-refractivity contribution is 7.90. The number of aromatic nitrogens is 1. The predicted molar refractivity (Wildman–Crippen MR) is 113 cm³/mol. The molecular weight excluding hydrogens is 441 g/mol. The fourth-order valence-electron chi connectivity index (χ4n) is 2.57. The average Bonchev–Trinajstić information content (AvgIpc) is 2.67. The molecule has 1 unspecified atom stereocenters. The first-order valence-electron chi connectivity index (χ1n) is 8.44. The van der Waals surface area contributed by atoms with Gasteiger partial charge in [-0.1, -0.05) is 12.1 Å². The molecule has 1 aliphatic rings. The van der Waals surface area contributed by atoms with Crippen LogP contribution in [0.1, 0.15) is 5.56 Å². The van der Waals surface area contributed by atoms with E-state index >= 15 is 0 Å². The van der Waals surface area contributed by atoms with Crippen LogP contribution in [0.5, 0.6) is 11.6 Å². The Morgan fingerprint density at radius 1 is 1.31 bits per heavy atom. The summed E-state index contributed by atoms with van der Waals surface area (Å²) in [5, 5.41) is 5.92. The summed E-state index contributed by atoms with van der Waals surface area (Å²) in [7, 11) is -3.34. The number of sulfone groups is 1. The second-order valence-corrected chi connectivity index (χ2v) is 8.13. The second kappa shape index (κ2) is 11.3. The Hall–Kier alpha value is -1.91. The van der Waals surface area contributed by atoms with Crippen molar-refractivity contribution < 1.29 is 22.7 Å². The summed E-state index contributed by atoms with van der Waals surface area (Å²) in [6.45, 7) is 1.79. The summed E-state index contributed by atoms with van der Waals surface area (Å²) in [4.78, 5) is 16.6. The highest BCUT2D eigenvalue weighted by Gasteiger charge is 2.21. The number of benzene rings is 1. The molecule has 0 aliphatic carbocycles. The topological polar surface area (TPSA) is 107 Å². The number of ether oxygens (including phenoxy) is 2. The molecule has 1 fully saturated rings. The fourth-order valence-corrected chi connectivity index (χ4v) is 3.23. The van der Waals surface area contributed by atoms with Crippen molar-refractivity contribution in [2.45, 2.75) is 17.5 Å². The quantitative estimate of drug-likeness (QED) is 0.671. The lowest BCUT2D eigenvalue weighted by Gasteiger charge is -2.23. The number of morpholine rings is 1. The van der Waals surface area contributed by atoms with E-state index in [1.54, 1.807) is 30.5 Å². The van der Waals surface area contributed by atoms with E-state index in [0.717, 1.165) is 6.26 Å². The van der Waals surface area contributed by atoms with Crippen LogP contribution in [0.2, 0.25) is 0 Å². The molecule has 160 valence electrons. The molecule has 1 aromatic carbocycles. The van der Waals surface area contributed by atoms with Gasteiger partial charge in [0, 0.05) is 31.1 Å². The number of amides is 1. The van der Waals surface area contributed by atoms with Crippen molar-refractivity contribution in [2.24, 2.45) is 0 Å². The molecule has 1 atom stereocenters. The van der Waals surface area contributed by atoms with Crippen molar-refractivity contribution in [1.82, 2.24) is 15.6 Å². The van der Waals surface area contributed by atoms with Gasteiger partial charge in [-0.3, -0.25) is 4.79 Å². The zero-order chi connectivity index (χ0) is 19.3. The lowest BCUT2D eigenvalue weighted by atomic mass is 10.2. The SMILES string of the molecule is CS(=O)(=O)c1cccc(Oc2ncccc2CNC(=O)C2COCCN2)c1.Cl.Cl. The summed E-state index contributed by atoms with van der Waals surface area (Å²) in [5.74, 6) is 0.492. The van der Waals surface area contributed by atoms with Crippen LogP contribution >= 0.6 is 24.8 Å². The van der Waals surface area contributed by atoms with Gasteiger partial charge in [0.05, 0.1) is 18.1 Å². The van der Waals surface area contributed by atoms with Gasteiger partial charge in [-0.15, -0.1) is 24.8 Å². The molecule has 0 radical (unpaired) electrons. The summed E-state index contributed by atoms with van der Waals surface area (Å²) >= 11 is 0. The second-order valence-electron chi connectivity index (χ2n) is 6.12. The molecule has 2 N–H and O–H groups in total. The van der Waals surface area contributed by atoms with Crippen LogP contribution in [-0.4, -0.2) is 51.4 Å². The van der Waals surface area contributed by atoms with Gasteiger partial charge in [0.1, 0.15) is 11.8 Å². The van der Waals surface area contributed by atoms with Crippen molar-refractivity contribution >= 4 is 40.6 Å². The maximum Gasteiger partial charge on any atom is 0.239 e. The van der Waals surface area contributed by atoms with Gasteiger partial charge >= 0.3 is 0 Å². The first kappa shape index (κ1) is 25.1. The van der Waals surface area contributed by atoms with Crippen molar-refractivity contribution in [1.29, 1.82) is 0 Å². The van der Waals surface area contributed by atoms with E-state index in [2.05, 4.69) is 15.6 Å². The number of hydrogen-bond donors (Lipinski definition) is 2. The number of carbonyl (C=O) groups excluding carboxylic acids is 1. The van der Waals surface area contributed by atoms with E-state index in [9.17, 15) is 13.2 Å². The van der Waals surface area contributed by atoms with Crippen LogP contribution in [0.25, 0.3) is 0 Å². The number of pyridine rings is 1. The van der Waals surface area contributed by atoms with E-state index in [1.165, 1.54) is 12.1 Å². The molecule has 0 spiro atoms. The molecule has 1 aromatic heterocycles. The molecule has 1 aliphatic heterocycles. The number of carbonyl (C=O) groups is 1. The van der Waals surface area contributed by atoms with Crippen LogP contribution < -0.4 is 15.4 Å². The van der Waals surface area contributed by atoms with Crippen LogP contribution in [0.15, 0.2) is 47.5 Å². The Balaban J connectivity index is 0.00000210. The minimum absolute atomic E-state index is 0. The van der Waals surface area contributed by atoms with Crippen molar-refractivity contribution in [2.75, 3.05) is 26.0 Å². The van der Waals surface area contributed by atoms with E-state index in [1.807, 2.05) is 0 Å². The Morgan fingerprint density at radius 3 is 2.79 bits per heavy atom. The van der Waals surface area contributed by atoms with Crippen LogP contribution in [0.4, 0.5) is 0 Å². The van der Waals surface area contributed by atoms with Crippen LogP contribution in [-0.2, 0) is 25.9 Å². The standard InChI is InChI=1S/C18H21N3O5S.2ClH/c1-27(23,24)15-6-2-5-14(10-15)26-18-13(4-3-7-20-18)11-21-17(22)16-12-25-9-8-19-16;;/h2-7,10,16,19H,8-9,11-12H2,1H3,(H,21,22);2*1H. The normalized spacial score (nSPS) is 16.1. The van der Waals surface area contributed by atoms with Gasteiger partial charge in [-0.25, -0.2) is 13.4 Å². The van der Waals surface area contributed by atoms with E-state index in [0.29, 0.717) is 37.0 Å². The van der Waals surface area contributed by atoms with Crippen LogP contribution in [0, 0.1) is 0 Å². The number of rotatable bonds is 6. The Morgan fingerprint density at radius 2 is 2.10 bits per heavy atom. The number of halogens is 2. The van der Waals surface area contributed by atoms with Gasteiger partial charge in [0.15, 0.2) is 9.84 Å². The molecule has 2 heterocycles. The zero-order valence-corrected chi connectivity index (χ0v) is 18.1. The Bertz CT molecular complexity index is 921. The molecular formula is C18H23Cl2N3O5S. The third-order valence-electron chi connectivity index (χ3n) is 3.99. The Labute approximate surface area is 182 Å². The summed E-state index contributed by atoms with van der Waals surface area (Å²) in [6, 6.07) is 9.33. The Kier molecular flexibility index (Phi) is 9.81. The molecule has 1 saturated heterocycles. The fraction of sp³-hybridized carbons (Fsp3) is 0.333. The maximum atomic E-state index is 12.2. The number of nitrogens with one attached hydrogen (secondary N) is 2. The predicted octanol–water partition coefficient (Wildman–Crippen LogP) is 1.73. The van der Waals surface area contributed by atoms with Crippen LogP contribution in [0.3, 0.4) is 0 Å². The van der Waals surface area contributed by atoms with Crippen molar-refractivity contribution in [3.8, 4) is 11.6 Å². The highest BCUT2D eigenvalue weighted by Crippen LogP contribution is 2.25. The largest absolute Gasteiger partial charge is 0.439 e. The van der Waals surface area contributed by atoms with Crippen molar-refractivity contribution in [3.05, 3.63) is 48.2 Å². The molecule has 0 bridgehead atoms. The third kappa shape index (κ3) is 7.13. The summed E-state index contributed by atoms with van der Waals surface area (Å²) in [6.07, 6.45) is 2.70. The number of nitrogens with zero attached hydrogens (tertiary/aromatic N) is 1. The van der Waals surface area contributed by atoms with Gasteiger partial charge in [-0.05, 0) is 24.3 Å². The zero-order valence-electron chi connectivity index (χ0n) is 15.7. The van der Waals surface area contributed by atoms with E-state index < -0.39 is 9.84 Å². The molecule has 2 aromatic rings. The van der Waals surface area contributed by atoms with Gasteiger partial charge < -0.3 is 20.1 Å². The number of hydrogen-bond acceptors (Lipinski definition) is 7. The monoisotopic (exact) mass is 463 g/mol. The molecule has 0 saturated carbocycles. The van der Waals surface area contributed by atoms with E-state index in [4.69, 9.17) is 9.47 Å². The lowest BCUT2D eigenvalue weighted by molar-refractivity contribution is -0.126. The maximum absolute atomic E-state index is 12.2. The smallest absolute Gasteiger partial charge is 0.239 e. The highest BCUT2D eigenvalue weighted by atomic mass is 35.5. The molecule has 1 amide bonds. The van der Waals surface area contributed by atoms with Gasteiger partial charge in [0.2, 0.25) is 11.8 Å². The van der Waals surface area contributed by atoms with Gasteiger partial charge in [0.25, 0.3) is 0 Å². The molecule has 29 heavy (non-hydrogen) atoms. The minimum atomic E-state index is -3.34. The summed E-state index contributed by atoms with van der Waals surface area (Å²) < 4.78 is 34.4. The molecule has 11 heteroatoms.